The summed E-state index contributed by atoms with van der Waals surface area (Å²) >= 11 is 0. The molecule has 526 valence electrons. The van der Waals surface area contributed by atoms with Gasteiger partial charge in [0.15, 0.2) is 0 Å². The van der Waals surface area contributed by atoms with Crippen molar-refractivity contribution >= 4 is 101 Å². The number of furan rings is 1. The molecule has 112 heavy (non-hydrogen) atoms. The van der Waals surface area contributed by atoms with Crippen LogP contribution in [0.5, 0.6) is 0 Å². The molecule has 0 atom stereocenters. The van der Waals surface area contributed by atoms with Gasteiger partial charge in [-0.15, -0.1) is 0 Å². The zero-order chi connectivity index (χ0) is 74.5. The van der Waals surface area contributed by atoms with Crippen LogP contribution in [-0.4, -0.2) is 6.71 Å². The second-order valence-electron chi connectivity index (χ2n) is 30.9. The second kappa shape index (κ2) is 27.0. The van der Waals surface area contributed by atoms with E-state index in [4.69, 9.17) is 4.42 Å². The summed E-state index contributed by atoms with van der Waals surface area (Å²) in [6, 6.07) is 150. The zero-order valence-corrected chi connectivity index (χ0v) is 62.5. The first-order chi connectivity index (χ1) is 55.2. The minimum Gasteiger partial charge on any atom is -0.455 e. The maximum Gasteiger partial charge on any atom is 0.252 e. The molecule has 0 aliphatic carbocycles. The first kappa shape index (κ1) is 66.2. The van der Waals surface area contributed by atoms with Gasteiger partial charge in [-0.3, -0.25) is 0 Å². The van der Waals surface area contributed by atoms with E-state index < -0.39 is 0 Å². The number of fused-ring (bicyclic) bond motifs is 9. The van der Waals surface area contributed by atoms with E-state index in [0.717, 1.165) is 145 Å². The predicted octanol–water partition coefficient (Wildman–Crippen LogP) is 27.9. The van der Waals surface area contributed by atoms with Gasteiger partial charge >= 0.3 is 0 Å². The molecule has 0 radical (unpaired) electrons. The van der Waals surface area contributed by atoms with E-state index in [1.807, 2.05) is 0 Å². The topological polar surface area (TPSA) is 19.6 Å². The van der Waals surface area contributed by atoms with E-state index in [0.29, 0.717) is 0 Å². The number of rotatable bonds is 12. The Morgan fingerprint density at radius 1 is 0.232 bits per heavy atom. The summed E-state index contributed by atoms with van der Waals surface area (Å²) in [5.74, 6) is 0. The maximum absolute atomic E-state index is 7.02. The van der Waals surface area contributed by atoms with Gasteiger partial charge in [0.1, 0.15) is 11.2 Å². The number of benzene rings is 18. The van der Waals surface area contributed by atoms with Gasteiger partial charge in [-0.1, -0.05) is 360 Å². The fourth-order valence-electron chi connectivity index (χ4n) is 18.1. The van der Waals surface area contributed by atoms with Crippen molar-refractivity contribution in [3.63, 3.8) is 0 Å². The number of hydrogen-bond acceptors (Lipinski definition) is 3. The van der Waals surface area contributed by atoms with Crippen LogP contribution in [0.4, 0.5) is 34.1 Å². The molecule has 0 amide bonds. The van der Waals surface area contributed by atoms with Gasteiger partial charge in [0.25, 0.3) is 6.71 Å². The van der Waals surface area contributed by atoms with Gasteiger partial charge < -0.3 is 14.2 Å². The Bertz CT molecular complexity index is 6750. The lowest BCUT2D eigenvalue weighted by Gasteiger charge is -2.46. The molecule has 1 aromatic heterocycles. The zero-order valence-electron chi connectivity index (χ0n) is 62.5. The molecule has 0 spiro atoms. The van der Waals surface area contributed by atoms with Crippen molar-refractivity contribution in [3.05, 3.63) is 406 Å². The van der Waals surface area contributed by atoms with Crippen LogP contribution < -0.4 is 26.2 Å². The van der Waals surface area contributed by atoms with Crippen LogP contribution in [0.3, 0.4) is 0 Å². The van der Waals surface area contributed by atoms with E-state index in [1.54, 1.807) is 0 Å². The van der Waals surface area contributed by atoms with Crippen molar-refractivity contribution in [3.8, 4) is 111 Å². The number of nitrogens with zero attached hydrogens (tertiary/aromatic N) is 2. The molecule has 0 unspecified atom stereocenters. The van der Waals surface area contributed by atoms with Gasteiger partial charge in [-0.2, -0.15) is 0 Å². The third-order valence-electron chi connectivity index (χ3n) is 23.4. The van der Waals surface area contributed by atoms with E-state index in [9.17, 15) is 0 Å². The highest BCUT2D eigenvalue weighted by Gasteiger charge is 2.46. The van der Waals surface area contributed by atoms with E-state index in [2.05, 4.69) is 431 Å². The van der Waals surface area contributed by atoms with E-state index in [1.165, 1.54) is 65.8 Å². The van der Waals surface area contributed by atoms with Crippen molar-refractivity contribution in [2.45, 2.75) is 26.2 Å². The SMILES string of the molecule is CC(C)(C)c1cc2c3c(c1)N(c1c(-c4ccccc4)cc(-c4ccccc4)cc1-c1ccccc1)c1cc(-c4cccc5c4oc4ccccc45)ccc1B3c1ccc(-c3ccc4c(-c5ccccc5)c5ccccc5c(-c5ccccc5)c4c3)cc1N2c1c(-c2ccccc2)cc(-c2ccccc2)cc1-c1ccccc1. The fraction of sp³-hybridized carbons (Fsp3) is 0.0370. The van der Waals surface area contributed by atoms with Crippen molar-refractivity contribution in [2.75, 3.05) is 9.80 Å². The quantitative estimate of drug-likeness (QED) is 0.0898. The average Bonchev–Trinajstić information content (AvgIpc) is 0.799. The minimum absolute atomic E-state index is 0.282. The summed E-state index contributed by atoms with van der Waals surface area (Å²) in [4.78, 5) is 5.41. The Kier molecular flexibility index (Phi) is 15.9. The minimum atomic E-state index is -0.368. The second-order valence-corrected chi connectivity index (χ2v) is 30.9. The van der Waals surface area contributed by atoms with Gasteiger partial charge in [0.05, 0.1) is 11.4 Å². The lowest BCUT2D eigenvalue weighted by Crippen LogP contribution is -2.61. The molecule has 3 heterocycles. The third-order valence-corrected chi connectivity index (χ3v) is 23.4. The molecule has 0 saturated heterocycles. The Balaban J connectivity index is 0.917. The van der Waals surface area contributed by atoms with Crippen molar-refractivity contribution in [2.24, 2.45) is 0 Å². The average molecular weight is 1430 g/mol. The Morgan fingerprint density at radius 2 is 0.580 bits per heavy atom. The van der Waals surface area contributed by atoms with Crippen LogP contribution in [0.1, 0.15) is 26.3 Å². The Hall–Kier alpha value is -14.1. The number of para-hydroxylation sites is 2. The van der Waals surface area contributed by atoms with Crippen LogP contribution in [0.25, 0.3) is 155 Å². The lowest BCUT2D eigenvalue weighted by atomic mass is 9.33. The largest absolute Gasteiger partial charge is 0.455 e. The molecule has 0 bridgehead atoms. The molecule has 0 N–H and O–H groups in total. The molecular formula is C108H75BN2O. The van der Waals surface area contributed by atoms with Crippen LogP contribution in [0.2, 0.25) is 0 Å². The summed E-state index contributed by atoms with van der Waals surface area (Å²) in [6.07, 6.45) is 0. The van der Waals surface area contributed by atoms with Gasteiger partial charge in [-0.05, 0) is 193 Å². The van der Waals surface area contributed by atoms with Crippen LogP contribution in [0.15, 0.2) is 405 Å². The Morgan fingerprint density at radius 3 is 1.03 bits per heavy atom. The molecule has 3 nitrogen and oxygen atoms in total. The van der Waals surface area contributed by atoms with Gasteiger partial charge in [0.2, 0.25) is 0 Å². The fourth-order valence-corrected chi connectivity index (χ4v) is 18.1. The van der Waals surface area contributed by atoms with Crippen LogP contribution >= 0.6 is 0 Å². The summed E-state index contributed by atoms with van der Waals surface area (Å²) in [5, 5.41) is 7.05. The molecule has 2 aliphatic heterocycles. The molecular weight excluding hydrogens is 1350 g/mol. The van der Waals surface area contributed by atoms with Crippen molar-refractivity contribution in [1.82, 2.24) is 0 Å². The van der Waals surface area contributed by atoms with Crippen molar-refractivity contribution < 1.29 is 4.42 Å². The molecule has 0 fully saturated rings. The van der Waals surface area contributed by atoms with Crippen LogP contribution in [-0.2, 0) is 5.41 Å². The van der Waals surface area contributed by atoms with Gasteiger partial charge in [-0.25, -0.2) is 0 Å². The first-order valence-corrected chi connectivity index (χ1v) is 39.0. The number of anilines is 6. The molecule has 19 aromatic rings. The Labute approximate surface area is 654 Å². The first-order valence-electron chi connectivity index (χ1n) is 39.0. The summed E-state index contributed by atoms with van der Waals surface area (Å²) in [6.45, 7) is 6.89. The van der Waals surface area contributed by atoms with Crippen LogP contribution in [0, 0.1) is 0 Å². The highest BCUT2D eigenvalue weighted by molar-refractivity contribution is 7.00. The summed E-state index contributed by atoms with van der Waals surface area (Å²) < 4.78 is 7.02. The van der Waals surface area contributed by atoms with E-state index in [-0.39, 0.29) is 12.1 Å². The predicted molar refractivity (Wildman–Crippen MR) is 476 cm³/mol. The molecule has 4 heteroatoms. The molecule has 2 aliphatic rings. The van der Waals surface area contributed by atoms with Gasteiger partial charge in [0, 0.05) is 61.3 Å². The van der Waals surface area contributed by atoms with E-state index >= 15 is 0 Å². The van der Waals surface area contributed by atoms with Crippen molar-refractivity contribution in [1.29, 1.82) is 0 Å². The monoisotopic (exact) mass is 1430 g/mol. The smallest absolute Gasteiger partial charge is 0.252 e. The standard InChI is InChI=1S/C108H75BN2O/c1-108(2,3)83-68-99-104-100(69-83)111(106-92(74-41-20-8-21-42-74)64-82(71-35-14-5-15-36-71)65-93(106)75-43-22-9-23-44-75)98-67-80(84-52-32-53-89-85-49-30-31-54-101(85)112-107(84)89)57-60-96(98)109(104)95-59-56-79(78-55-58-88-94(61-78)103(77-47-26-11-27-48-77)87-51-29-28-50-86(87)102(88)76-45-24-10-25-46-76)66-97(95)110(99)105-90(72-37-16-6-17-38-72)62-81(70-33-12-4-13-34-70)63-91(105)73-39-18-7-19-40-73/h4-69H,1-3H3. The summed E-state index contributed by atoms with van der Waals surface area (Å²) in [7, 11) is 0. The highest BCUT2D eigenvalue weighted by Crippen LogP contribution is 2.57. The lowest BCUT2D eigenvalue weighted by molar-refractivity contribution is 0.590. The third kappa shape index (κ3) is 11.1. The molecule has 18 aromatic carbocycles. The highest BCUT2D eigenvalue weighted by atomic mass is 16.3. The normalized spacial score (nSPS) is 12.4. The number of hydrogen-bond donors (Lipinski definition) is 0. The molecule has 21 rings (SSSR count). The molecule has 0 saturated carbocycles. The summed E-state index contributed by atoms with van der Waals surface area (Å²) in [5.41, 5.74) is 35.5. The maximum atomic E-state index is 7.02.